The number of halogens is 3. The van der Waals surface area contributed by atoms with E-state index >= 15 is 0 Å². The average molecular weight is 317 g/mol. The van der Waals surface area contributed by atoms with Crippen LogP contribution in [0.1, 0.15) is 5.56 Å². The van der Waals surface area contributed by atoms with Gasteiger partial charge >= 0.3 is 0 Å². The Balaban J connectivity index is 2.12. The van der Waals surface area contributed by atoms with Gasteiger partial charge in [-0.05, 0) is 30.3 Å². The quantitative estimate of drug-likeness (QED) is 0.791. The van der Waals surface area contributed by atoms with E-state index in [1.165, 1.54) is 6.07 Å². The lowest BCUT2D eigenvalue weighted by Crippen LogP contribution is -1.99. The second-order valence-electron chi connectivity index (χ2n) is 3.32. The molecule has 0 aliphatic rings. The number of rotatable bonds is 3. The van der Waals surface area contributed by atoms with Crippen molar-refractivity contribution in [3.05, 3.63) is 57.5 Å². The molecule has 5 heteroatoms. The van der Waals surface area contributed by atoms with Crippen LogP contribution in [0.5, 0.6) is 5.75 Å². The van der Waals surface area contributed by atoms with Gasteiger partial charge in [-0.25, -0.2) is 9.37 Å². The molecule has 0 bridgehead atoms. The molecule has 2 rings (SSSR count). The van der Waals surface area contributed by atoms with Crippen molar-refractivity contribution in [1.82, 2.24) is 4.98 Å². The maximum atomic E-state index is 13.4. The Morgan fingerprint density at radius 1 is 1.35 bits per heavy atom. The van der Waals surface area contributed by atoms with Gasteiger partial charge < -0.3 is 4.74 Å². The van der Waals surface area contributed by atoms with E-state index in [9.17, 15) is 4.39 Å². The third kappa shape index (κ3) is 3.17. The number of aromatic nitrogens is 1. The van der Waals surface area contributed by atoms with Crippen LogP contribution < -0.4 is 4.74 Å². The Labute approximate surface area is 112 Å². The standard InChI is InChI=1S/C12H8BrClFNO/c13-9-3-4-10(15)8(6-9)7-17-11-2-1-5-16-12(11)14/h1-6H,7H2. The highest BCUT2D eigenvalue weighted by Crippen LogP contribution is 2.23. The molecule has 0 amide bonds. The number of benzene rings is 1. The lowest BCUT2D eigenvalue weighted by atomic mass is 10.2. The molecule has 0 N–H and O–H groups in total. The molecule has 0 atom stereocenters. The van der Waals surface area contributed by atoms with Crippen LogP contribution in [0.3, 0.4) is 0 Å². The van der Waals surface area contributed by atoms with Crippen LogP contribution >= 0.6 is 27.5 Å². The highest BCUT2D eigenvalue weighted by molar-refractivity contribution is 9.10. The Morgan fingerprint density at radius 3 is 2.94 bits per heavy atom. The van der Waals surface area contributed by atoms with Gasteiger partial charge in [0.2, 0.25) is 0 Å². The van der Waals surface area contributed by atoms with Crippen LogP contribution in [0.25, 0.3) is 0 Å². The molecule has 0 fully saturated rings. The Hall–Kier alpha value is -1.13. The number of pyridine rings is 1. The third-order valence-electron chi connectivity index (χ3n) is 2.12. The fourth-order valence-corrected chi connectivity index (χ4v) is 1.87. The minimum Gasteiger partial charge on any atom is -0.486 e. The number of hydrogen-bond acceptors (Lipinski definition) is 2. The predicted molar refractivity (Wildman–Crippen MR) is 67.7 cm³/mol. The second kappa shape index (κ2) is 5.47. The highest BCUT2D eigenvalue weighted by Gasteiger charge is 2.06. The average Bonchev–Trinajstić information content (AvgIpc) is 2.32. The normalized spacial score (nSPS) is 10.3. The van der Waals surface area contributed by atoms with Gasteiger partial charge in [0.1, 0.15) is 12.4 Å². The first kappa shape index (κ1) is 12.3. The van der Waals surface area contributed by atoms with Crippen molar-refractivity contribution in [3.63, 3.8) is 0 Å². The van der Waals surface area contributed by atoms with Crippen molar-refractivity contribution in [2.45, 2.75) is 6.61 Å². The summed E-state index contributed by atoms with van der Waals surface area (Å²) in [5.74, 6) is 0.127. The summed E-state index contributed by atoms with van der Waals surface area (Å²) in [6, 6.07) is 8.08. The molecule has 0 saturated carbocycles. The second-order valence-corrected chi connectivity index (χ2v) is 4.59. The topological polar surface area (TPSA) is 22.1 Å². The fourth-order valence-electron chi connectivity index (χ4n) is 1.29. The van der Waals surface area contributed by atoms with E-state index in [1.54, 1.807) is 30.5 Å². The van der Waals surface area contributed by atoms with Gasteiger partial charge in [0.05, 0.1) is 0 Å². The zero-order valence-corrected chi connectivity index (χ0v) is 11.0. The minimum atomic E-state index is -0.312. The first-order valence-corrected chi connectivity index (χ1v) is 6.01. The molecule has 0 aliphatic carbocycles. The molecule has 0 unspecified atom stereocenters. The Kier molecular flexibility index (Phi) is 3.97. The lowest BCUT2D eigenvalue weighted by molar-refractivity contribution is 0.299. The Morgan fingerprint density at radius 2 is 2.18 bits per heavy atom. The predicted octanol–water partition coefficient (Wildman–Crippen LogP) is 4.22. The summed E-state index contributed by atoms with van der Waals surface area (Å²) in [5, 5.41) is 0.267. The first-order chi connectivity index (χ1) is 8.16. The molecule has 0 spiro atoms. The SMILES string of the molecule is Fc1ccc(Br)cc1COc1cccnc1Cl. The summed E-state index contributed by atoms with van der Waals surface area (Å²) in [6.45, 7) is 0.108. The smallest absolute Gasteiger partial charge is 0.171 e. The molecular weight excluding hydrogens is 308 g/mol. The van der Waals surface area contributed by atoms with Gasteiger partial charge in [-0.1, -0.05) is 27.5 Å². The summed E-state index contributed by atoms with van der Waals surface area (Å²) >= 11 is 9.10. The van der Waals surface area contributed by atoms with Crippen molar-refractivity contribution in [2.24, 2.45) is 0 Å². The van der Waals surface area contributed by atoms with E-state index in [4.69, 9.17) is 16.3 Å². The maximum Gasteiger partial charge on any atom is 0.171 e. The summed E-state index contributed by atoms with van der Waals surface area (Å²) in [6.07, 6.45) is 1.56. The van der Waals surface area contributed by atoms with E-state index in [0.717, 1.165) is 4.47 Å². The molecule has 0 saturated heterocycles. The van der Waals surface area contributed by atoms with Gasteiger partial charge in [0, 0.05) is 16.2 Å². The van der Waals surface area contributed by atoms with Crippen molar-refractivity contribution >= 4 is 27.5 Å². The summed E-state index contributed by atoms with van der Waals surface area (Å²) in [5.41, 5.74) is 0.458. The zero-order valence-electron chi connectivity index (χ0n) is 8.66. The van der Waals surface area contributed by atoms with E-state index < -0.39 is 0 Å². The summed E-state index contributed by atoms with van der Waals surface area (Å²) < 4.78 is 19.6. The molecule has 2 aromatic rings. The fraction of sp³-hybridized carbons (Fsp3) is 0.0833. The van der Waals surface area contributed by atoms with Gasteiger partial charge in [-0.3, -0.25) is 0 Å². The number of hydrogen-bond donors (Lipinski definition) is 0. The monoisotopic (exact) mass is 315 g/mol. The lowest BCUT2D eigenvalue weighted by Gasteiger charge is -2.08. The first-order valence-electron chi connectivity index (χ1n) is 4.84. The van der Waals surface area contributed by atoms with Crippen LogP contribution in [0.4, 0.5) is 4.39 Å². The van der Waals surface area contributed by atoms with Crippen LogP contribution in [-0.2, 0) is 6.61 Å². The molecule has 0 radical (unpaired) electrons. The van der Waals surface area contributed by atoms with E-state index in [-0.39, 0.29) is 17.6 Å². The summed E-state index contributed by atoms with van der Waals surface area (Å²) in [7, 11) is 0. The largest absolute Gasteiger partial charge is 0.486 e. The third-order valence-corrected chi connectivity index (χ3v) is 2.89. The van der Waals surface area contributed by atoms with Gasteiger partial charge in [0.15, 0.2) is 10.9 Å². The number of ether oxygens (including phenoxy) is 1. The zero-order chi connectivity index (χ0) is 12.3. The van der Waals surface area contributed by atoms with Crippen molar-refractivity contribution < 1.29 is 9.13 Å². The van der Waals surface area contributed by atoms with Crippen LogP contribution in [0, 0.1) is 5.82 Å². The van der Waals surface area contributed by atoms with Crippen LogP contribution in [0.15, 0.2) is 41.0 Å². The van der Waals surface area contributed by atoms with E-state index in [0.29, 0.717) is 11.3 Å². The molecule has 88 valence electrons. The van der Waals surface area contributed by atoms with E-state index in [1.807, 2.05) is 0 Å². The molecule has 1 heterocycles. The van der Waals surface area contributed by atoms with Gasteiger partial charge in [-0.15, -0.1) is 0 Å². The molecular formula is C12H8BrClFNO. The van der Waals surface area contributed by atoms with Crippen molar-refractivity contribution in [3.8, 4) is 5.75 Å². The minimum absolute atomic E-state index is 0.108. The highest BCUT2D eigenvalue weighted by atomic mass is 79.9. The molecule has 1 aromatic heterocycles. The van der Waals surface area contributed by atoms with Gasteiger partial charge in [-0.2, -0.15) is 0 Å². The number of nitrogens with zero attached hydrogens (tertiary/aromatic N) is 1. The molecule has 17 heavy (non-hydrogen) atoms. The van der Waals surface area contributed by atoms with Crippen molar-refractivity contribution in [1.29, 1.82) is 0 Å². The van der Waals surface area contributed by atoms with Crippen molar-refractivity contribution in [2.75, 3.05) is 0 Å². The Bertz CT molecular complexity index is 536. The molecule has 1 aromatic carbocycles. The maximum absolute atomic E-state index is 13.4. The van der Waals surface area contributed by atoms with E-state index in [2.05, 4.69) is 20.9 Å². The van der Waals surface area contributed by atoms with Crippen LogP contribution in [0.2, 0.25) is 5.15 Å². The van der Waals surface area contributed by atoms with Gasteiger partial charge in [0.25, 0.3) is 0 Å². The summed E-state index contributed by atoms with van der Waals surface area (Å²) in [4.78, 5) is 3.87. The molecule has 0 aliphatic heterocycles. The van der Waals surface area contributed by atoms with Crippen LogP contribution in [-0.4, -0.2) is 4.98 Å². The molecule has 2 nitrogen and oxygen atoms in total.